The molecular formula is C12H13ClN2O3. The fraction of sp³-hybridized carbons (Fsp3) is 0.333. The Kier molecular flexibility index (Phi) is 3.43. The zero-order valence-corrected chi connectivity index (χ0v) is 11.0. The lowest BCUT2D eigenvalue weighted by molar-refractivity contribution is 0.244. The molecule has 96 valence electrons. The molecule has 0 saturated carbocycles. The highest BCUT2D eigenvalue weighted by molar-refractivity contribution is 6.28. The van der Waals surface area contributed by atoms with Crippen molar-refractivity contribution in [3.63, 3.8) is 0 Å². The van der Waals surface area contributed by atoms with Crippen LogP contribution in [-0.4, -0.2) is 23.2 Å². The first-order valence-electron chi connectivity index (χ1n) is 5.45. The van der Waals surface area contributed by atoms with E-state index in [4.69, 9.17) is 21.1 Å². The summed E-state index contributed by atoms with van der Waals surface area (Å²) in [6, 6.07) is 3.30. The number of hydrogen-bond donors (Lipinski definition) is 1. The van der Waals surface area contributed by atoms with E-state index in [1.165, 1.54) is 7.11 Å². The first-order chi connectivity index (χ1) is 8.51. The molecule has 2 rings (SSSR count). The molecule has 0 aliphatic heterocycles. The van der Waals surface area contributed by atoms with Crippen LogP contribution in [0.4, 0.5) is 0 Å². The molecule has 1 aromatic heterocycles. The summed E-state index contributed by atoms with van der Waals surface area (Å²) >= 11 is 5.73. The summed E-state index contributed by atoms with van der Waals surface area (Å²) in [5.41, 5.74) is 0.113. The average molecular weight is 269 g/mol. The van der Waals surface area contributed by atoms with E-state index >= 15 is 0 Å². The second-order valence-corrected chi connectivity index (χ2v) is 4.40. The number of hydrogen-bond acceptors (Lipinski definition) is 4. The number of rotatable bonds is 3. The molecular weight excluding hydrogens is 256 g/mol. The van der Waals surface area contributed by atoms with Crippen molar-refractivity contribution in [1.82, 2.24) is 9.97 Å². The van der Waals surface area contributed by atoms with Gasteiger partial charge in [0, 0.05) is 12.1 Å². The number of H-pyrrole nitrogens is 1. The third-order valence-electron chi connectivity index (χ3n) is 2.32. The number of aromatic amines is 1. The van der Waals surface area contributed by atoms with Crippen LogP contribution in [0.25, 0.3) is 10.9 Å². The number of nitrogens with zero attached hydrogens (tertiary/aromatic N) is 1. The summed E-state index contributed by atoms with van der Waals surface area (Å²) in [7, 11) is 1.54. The Bertz CT molecular complexity index is 637. The van der Waals surface area contributed by atoms with Crippen LogP contribution in [0.1, 0.15) is 13.8 Å². The van der Waals surface area contributed by atoms with Crippen molar-refractivity contribution in [1.29, 1.82) is 0 Å². The van der Waals surface area contributed by atoms with Crippen LogP contribution >= 0.6 is 11.6 Å². The third kappa shape index (κ3) is 2.41. The van der Waals surface area contributed by atoms with Gasteiger partial charge in [0.25, 0.3) is 5.56 Å². The van der Waals surface area contributed by atoms with Gasteiger partial charge in [0.15, 0.2) is 0 Å². The summed E-state index contributed by atoms with van der Waals surface area (Å²) in [5, 5.41) is 0.408. The zero-order valence-electron chi connectivity index (χ0n) is 10.3. The molecule has 1 aromatic carbocycles. The maximum Gasteiger partial charge on any atom is 0.263 e. The Labute approximate surface area is 109 Å². The number of halogens is 1. The topological polar surface area (TPSA) is 64.2 Å². The maximum absolute atomic E-state index is 11.9. The lowest BCUT2D eigenvalue weighted by atomic mass is 10.2. The van der Waals surface area contributed by atoms with Crippen LogP contribution < -0.4 is 15.0 Å². The number of aromatic nitrogens is 2. The Hall–Kier alpha value is -1.75. The van der Waals surface area contributed by atoms with Gasteiger partial charge in [0.2, 0.25) is 5.28 Å². The first-order valence-corrected chi connectivity index (χ1v) is 5.83. The van der Waals surface area contributed by atoms with Gasteiger partial charge >= 0.3 is 0 Å². The standard InChI is InChI=1S/C12H13ClN2O3/c1-6(2)18-9-5-7(17-3)4-8-10(9)11(16)15-12(13)14-8/h4-6H,1-3H3,(H,14,15,16). The molecule has 0 unspecified atom stereocenters. The van der Waals surface area contributed by atoms with E-state index < -0.39 is 0 Å². The van der Waals surface area contributed by atoms with E-state index in [9.17, 15) is 4.79 Å². The van der Waals surface area contributed by atoms with E-state index in [1.807, 2.05) is 13.8 Å². The summed E-state index contributed by atoms with van der Waals surface area (Å²) in [5.74, 6) is 0.997. The monoisotopic (exact) mass is 268 g/mol. The predicted octanol–water partition coefficient (Wildman–Crippen LogP) is 2.37. The Balaban J connectivity index is 2.77. The van der Waals surface area contributed by atoms with Crippen molar-refractivity contribution in [3.05, 3.63) is 27.8 Å². The minimum atomic E-state index is -0.330. The van der Waals surface area contributed by atoms with E-state index in [0.717, 1.165) is 0 Å². The molecule has 5 nitrogen and oxygen atoms in total. The molecule has 1 N–H and O–H groups in total. The molecule has 6 heteroatoms. The van der Waals surface area contributed by atoms with Gasteiger partial charge in [-0.2, -0.15) is 0 Å². The highest BCUT2D eigenvalue weighted by atomic mass is 35.5. The zero-order chi connectivity index (χ0) is 13.3. The van der Waals surface area contributed by atoms with Gasteiger partial charge in [0.05, 0.1) is 18.7 Å². The minimum Gasteiger partial charge on any atom is -0.497 e. The first kappa shape index (κ1) is 12.7. The van der Waals surface area contributed by atoms with Crippen LogP contribution in [0.2, 0.25) is 5.28 Å². The summed E-state index contributed by atoms with van der Waals surface area (Å²) < 4.78 is 10.8. The van der Waals surface area contributed by atoms with E-state index in [1.54, 1.807) is 12.1 Å². The molecule has 18 heavy (non-hydrogen) atoms. The average Bonchev–Trinajstić information content (AvgIpc) is 2.26. The number of fused-ring (bicyclic) bond motifs is 1. The van der Waals surface area contributed by atoms with Gasteiger partial charge in [-0.3, -0.25) is 9.78 Å². The molecule has 1 heterocycles. The van der Waals surface area contributed by atoms with Crippen LogP contribution in [-0.2, 0) is 0 Å². The molecule has 2 aromatic rings. The van der Waals surface area contributed by atoms with Gasteiger partial charge in [-0.15, -0.1) is 0 Å². The van der Waals surface area contributed by atoms with Crippen LogP contribution in [0.15, 0.2) is 16.9 Å². The smallest absolute Gasteiger partial charge is 0.263 e. The van der Waals surface area contributed by atoms with Gasteiger partial charge in [0.1, 0.15) is 16.9 Å². The van der Waals surface area contributed by atoms with Gasteiger partial charge in [-0.1, -0.05) is 0 Å². The predicted molar refractivity (Wildman–Crippen MR) is 69.7 cm³/mol. The maximum atomic E-state index is 11.9. The fourth-order valence-corrected chi connectivity index (χ4v) is 1.82. The summed E-state index contributed by atoms with van der Waals surface area (Å²) in [6.45, 7) is 3.76. The molecule has 0 amide bonds. The van der Waals surface area contributed by atoms with Crippen LogP contribution in [0.5, 0.6) is 11.5 Å². The minimum absolute atomic E-state index is 0.0382. The molecule has 0 bridgehead atoms. The van der Waals surface area contributed by atoms with Crippen molar-refractivity contribution in [2.45, 2.75) is 20.0 Å². The summed E-state index contributed by atoms with van der Waals surface area (Å²) in [6.07, 6.45) is -0.0598. The summed E-state index contributed by atoms with van der Waals surface area (Å²) in [4.78, 5) is 18.4. The van der Waals surface area contributed by atoms with E-state index in [-0.39, 0.29) is 16.9 Å². The Morgan fingerprint density at radius 3 is 2.72 bits per heavy atom. The number of methoxy groups -OCH3 is 1. The molecule has 0 spiro atoms. The molecule has 0 aliphatic carbocycles. The van der Waals surface area contributed by atoms with Crippen molar-refractivity contribution in [2.75, 3.05) is 7.11 Å². The number of ether oxygens (including phenoxy) is 2. The van der Waals surface area contributed by atoms with Gasteiger partial charge in [-0.25, -0.2) is 4.98 Å². The quantitative estimate of drug-likeness (QED) is 0.868. The number of benzene rings is 1. The molecule has 0 saturated heterocycles. The van der Waals surface area contributed by atoms with Crippen molar-refractivity contribution in [3.8, 4) is 11.5 Å². The van der Waals surface area contributed by atoms with E-state index in [2.05, 4.69) is 9.97 Å². The molecule has 0 radical (unpaired) electrons. The van der Waals surface area contributed by atoms with Crippen LogP contribution in [0.3, 0.4) is 0 Å². The largest absolute Gasteiger partial charge is 0.497 e. The van der Waals surface area contributed by atoms with Gasteiger partial charge in [-0.05, 0) is 25.4 Å². The molecule has 0 atom stereocenters. The Morgan fingerprint density at radius 2 is 2.11 bits per heavy atom. The third-order valence-corrected chi connectivity index (χ3v) is 2.49. The lowest BCUT2D eigenvalue weighted by Crippen LogP contribution is -2.13. The van der Waals surface area contributed by atoms with Crippen molar-refractivity contribution in [2.24, 2.45) is 0 Å². The molecule has 0 fully saturated rings. The van der Waals surface area contributed by atoms with Crippen LogP contribution in [0, 0.1) is 0 Å². The van der Waals surface area contributed by atoms with Gasteiger partial charge < -0.3 is 9.47 Å². The highest BCUT2D eigenvalue weighted by Gasteiger charge is 2.13. The second-order valence-electron chi connectivity index (χ2n) is 4.04. The highest BCUT2D eigenvalue weighted by Crippen LogP contribution is 2.28. The molecule has 0 aliphatic rings. The van der Waals surface area contributed by atoms with Crippen molar-refractivity contribution >= 4 is 22.5 Å². The van der Waals surface area contributed by atoms with Crippen molar-refractivity contribution < 1.29 is 9.47 Å². The SMILES string of the molecule is COc1cc(OC(C)C)c2c(=O)[nH]c(Cl)nc2c1. The fourth-order valence-electron chi connectivity index (χ4n) is 1.65. The van der Waals surface area contributed by atoms with E-state index in [0.29, 0.717) is 22.4 Å². The normalized spacial score (nSPS) is 10.9. The Morgan fingerprint density at radius 1 is 1.39 bits per heavy atom. The number of nitrogens with one attached hydrogen (secondary N) is 1. The lowest BCUT2D eigenvalue weighted by Gasteiger charge is -2.13. The second kappa shape index (κ2) is 4.86.